The number of rotatable bonds is 1. The van der Waals surface area contributed by atoms with Gasteiger partial charge in [0.2, 0.25) is 0 Å². The predicted octanol–water partition coefficient (Wildman–Crippen LogP) is 2.91. The lowest BCUT2D eigenvalue weighted by molar-refractivity contribution is 0.289. The molecule has 1 heterocycles. The van der Waals surface area contributed by atoms with Gasteiger partial charge < -0.3 is 9.64 Å². The molecule has 0 spiro atoms. The van der Waals surface area contributed by atoms with E-state index in [0.29, 0.717) is 12.3 Å². The molecule has 1 aliphatic heterocycles. The quantitative estimate of drug-likeness (QED) is 0.763. The highest BCUT2D eigenvalue weighted by atomic mass is 16.5. The topological polar surface area (TPSA) is 36.3 Å². The first-order chi connectivity index (χ1) is 8.88. The van der Waals surface area contributed by atoms with Gasteiger partial charge in [-0.25, -0.2) is 0 Å². The number of hydrogen-bond acceptors (Lipinski definition) is 3. The van der Waals surface area contributed by atoms with Crippen molar-refractivity contribution in [2.45, 2.75) is 6.54 Å². The Morgan fingerprint density at radius 2 is 1.83 bits per heavy atom. The maximum Gasteiger partial charge on any atom is 0.161 e. The predicted molar refractivity (Wildman–Crippen MR) is 69.3 cm³/mol. The third kappa shape index (κ3) is 1.78. The molecule has 0 saturated heterocycles. The van der Waals surface area contributed by atoms with Crippen molar-refractivity contribution < 1.29 is 4.74 Å². The molecular weight excluding hydrogens is 224 g/mol. The van der Waals surface area contributed by atoms with Crippen molar-refractivity contribution in [1.29, 1.82) is 5.26 Å². The molecule has 0 atom stereocenters. The van der Waals surface area contributed by atoms with Gasteiger partial charge in [0, 0.05) is 12.1 Å². The minimum Gasteiger partial charge on any atom is -0.473 e. The standard InChI is InChI=1S/C15H12N2O/c16-9-12-5-1-3-7-14(12)17-10-13-6-2-4-8-15(13)18-11-17/h1-8H,10-11H2. The molecule has 0 radical (unpaired) electrons. The Labute approximate surface area is 106 Å². The van der Waals surface area contributed by atoms with Crippen LogP contribution in [0, 0.1) is 11.3 Å². The molecule has 0 unspecified atom stereocenters. The SMILES string of the molecule is N#Cc1ccccc1N1COc2ccccc2C1. The van der Waals surface area contributed by atoms with Gasteiger partial charge >= 0.3 is 0 Å². The second-order valence-corrected chi connectivity index (χ2v) is 4.21. The first-order valence-electron chi connectivity index (χ1n) is 5.83. The smallest absolute Gasteiger partial charge is 0.161 e. The van der Waals surface area contributed by atoms with Crippen LogP contribution in [-0.2, 0) is 6.54 Å². The molecule has 2 aromatic rings. The number of fused-ring (bicyclic) bond motifs is 1. The minimum absolute atomic E-state index is 0.482. The average Bonchev–Trinajstić information content (AvgIpc) is 2.46. The Morgan fingerprint density at radius 1 is 1.06 bits per heavy atom. The normalized spacial score (nSPS) is 13.4. The number of anilines is 1. The molecule has 0 saturated carbocycles. The Balaban J connectivity index is 1.95. The lowest BCUT2D eigenvalue weighted by atomic mass is 10.1. The lowest BCUT2D eigenvalue weighted by Crippen LogP contribution is -2.32. The van der Waals surface area contributed by atoms with Crippen LogP contribution in [0.2, 0.25) is 0 Å². The van der Waals surface area contributed by atoms with E-state index in [4.69, 9.17) is 10.00 Å². The fraction of sp³-hybridized carbons (Fsp3) is 0.133. The van der Waals surface area contributed by atoms with E-state index in [1.54, 1.807) is 0 Å². The lowest BCUT2D eigenvalue weighted by Gasteiger charge is -2.31. The second-order valence-electron chi connectivity index (χ2n) is 4.21. The number of benzene rings is 2. The van der Waals surface area contributed by atoms with Crippen LogP contribution >= 0.6 is 0 Å². The molecule has 0 aliphatic carbocycles. The molecule has 0 amide bonds. The van der Waals surface area contributed by atoms with E-state index in [0.717, 1.165) is 23.5 Å². The molecule has 2 aromatic carbocycles. The summed E-state index contributed by atoms with van der Waals surface area (Å²) in [6.45, 7) is 1.25. The van der Waals surface area contributed by atoms with Crippen molar-refractivity contribution >= 4 is 5.69 Å². The van der Waals surface area contributed by atoms with Gasteiger partial charge in [-0.1, -0.05) is 30.3 Å². The van der Waals surface area contributed by atoms with Gasteiger partial charge in [0.1, 0.15) is 11.8 Å². The highest BCUT2D eigenvalue weighted by Gasteiger charge is 2.18. The zero-order valence-corrected chi connectivity index (χ0v) is 9.84. The zero-order valence-electron chi connectivity index (χ0n) is 9.84. The van der Waals surface area contributed by atoms with Crippen LogP contribution in [0.5, 0.6) is 5.75 Å². The first-order valence-corrected chi connectivity index (χ1v) is 5.83. The maximum atomic E-state index is 9.13. The van der Waals surface area contributed by atoms with Gasteiger partial charge in [-0.2, -0.15) is 5.26 Å². The van der Waals surface area contributed by atoms with Crippen molar-refractivity contribution in [3.8, 4) is 11.8 Å². The molecule has 3 nitrogen and oxygen atoms in total. The highest BCUT2D eigenvalue weighted by Crippen LogP contribution is 2.29. The second kappa shape index (κ2) is 4.42. The summed E-state index contributed by atoms with van der Waals surface area (Å²) in [6.07, 6.45) is 0. The molecule has 1 aliphatic rings. The fourth-order valence-electron chi connectivity index (χ4n) is 2.17. The van der Waals surface area contributed by atoms with Crippen molar-refractivity contribution in [3.63, 3.8) is 0 Å². The van der Waals surface area contributed by atoms with Gasteiger partial charge in [0.25, 0.3) is 0 Å². The summed E-state index contributed by atoms with van der Waals surface area (Å²) in [5.74, 6) is 0.934. The van der Waals surface area contributed by atoms with Crippen LogP contribution < -0.4 is 9.64 Å². The van der Waals surface area contributed by atoms with Crippen molar-refractivity contribution in [1.82, 2.24) is 0 Å². The van der Waals surface area contributed by atoms with E-state index in [9.17, 15) is 0 Å². The molecule has 3 rings (SSSR count). The van der Waals surface area contributed by atoms with Gasteiger partial charge in [0.05, 0.1) is 11.3 Å². The van der Waals surface area contributed by atoms with Gasteiger partial charge in [-0.05, 0) is 18.2 Å². The molecule has 88 valence electrons. The van der Waals surface area contributed by atoms with Crippen LogP contribution in [0.25, 0.3) is 0 Å². The summed E-state index contributed by atoms with van der Waals surface area (Å²) in [4.78, 5) is 2.07. The van der Waals surface area contributed by atoms with Crippen molar-refractivity contribution in [3.05, 3.63) is 59.7 Å². The fourth-order valence-corrected chi connectivity index (χ4v) is 2.17. The monoisotopic (exact) mass is 236 g/mol. The molecule has 0 bridgehead atoms. The molecule has 0 fully saturated rings. The summed E-state index contributed by atoms with van der Waals surface area (Å²) >= 11 is 0. The van der Waals surface area contributed by atoms with Crippen LogP contribution in [0.4, 0.5) is 5.69 Å². The van der Waals surface area contributed by atoms with E-state index < -0.39 is 0 Å². The largest absolute Gasteiger partial charge is 0.473 e. The van der Waals surface area contributed by atoms with Gasteiger partial charge in [-0.15, -0.1) is 0 Å². The van der Waals surface area contributed by atoms with Crippen molar-refractivity contribution in [2.75, 3.05) is 11.6 Å². The van der Waals surface area contributed by atoms with Crippen molar-refractivity contribution in [2.24, 2.45) is 0 Å². The van der Waals surface area contributed by atoms with E-state index >= 15 is 0 Å². The number of para-hydroxylation sites is 2. The number of hydrogen-bond donors (Lipinski definition) is 0. The third-order valence-electron chi connectivity index (χ3n) is 3.07. The van der Waals surface area contributed by atoms with Crippen LogP contribution in [0.3, 0.4) is 0 Å². The van der Waals surface area contributed by atoms with E-state index in [-0.39, 0.29) is 0 Å². The van der Waals surface area contributed by atoms with Crippen LogP contribution in [0.15, 0.2) is 48.5 Å². The summed E-state index contributed by atoms with van der Waals surface area (Å²) in [5.41, 5.74) is 2.76. The van der Waals surface area contributed by atoms with Gasteiger partial charge in [0.15, 0.2) is 6.73 Å². The zero-order chi connectivity index (χ0) is 12.4. The van der Waals surface area contributed by atoms with Gasteiger partial charge in [-0.3, -0.25) is 0 Å². The summed E-state index contributed by atoms with van der Waals surface area (Å²) in [5, 5.41) is 9.13. The molecule has 18 heavy (non-hydrogen) atoms. The number of nitriles is 1. The number of nitrogens with zero attached hydrogens (tertiary/aromatic N) is 2. The Bertz CT molecular complexity index is 616. The Hall–Kier alpha value is -2.47. The Morgan fingerprint density at radius 3 is 2.72 bits per heavy atom. The first kappa shape index (κ1) is 10.7. The number of ether oxygens (including phenoxy) is 1. The molecule has 0 aromatic heterocycles. The van der Waals surface area contributed by atoms with Crippen LogP contribution in [-0.4, -0.2) is 6.73 Å². The summed E-state index contributed by atoms with van der Waals surface area (Å²) in [6, 6.07) is 17.8. The molecular formula is C15H12N2O. The minimum atomic E-state index is 0.482. The van der Waals surface area contributed by atoms with E-state index in [1.807, 2.05) is 42.5 Å². The molecule has 0 N–H and O–H groups in total. The average molecular weight is 236 g/mol. The summed E-state index contributed by atoms with van der Waals surface area (Å²) in [7, 11) is 0. The Kier molecular flexibility index (Phi) is 2.62. The third-order valence-corrected chi connectivity index (χ3v) is 3.07. The summed E-state index contributed by atoms with van der Waals surface area (Å²) < 4.78 is 5.71. The van der Waals surface area contributed by atoms with E-state index in [2.05, 4.69) is 17.0 Å². The van der Waals surface area contributed by atoms with Crippen LogP contribution in [0.1, 0.15) is 11.1 Å². The highest BCUT2D eigenvalue weighted by molar-refractivity contribution is 5.60. The molecule has 3 heteroatoms. The maximum absolute atomic E-state index is 9.13. The van der Waals surface area contributed by atoms with E-state index in [1.165, 1.54) is 0 Å².